The third kappa shape index (κ3) is 5.91. The lowest BCUT2D eigenvalue weighted by Gasteiger charge is -2.14. The van der Waals surface area contributed by atoms with Gasteiger partial charge >= 0.3 is 0 Å². The van der Waals surface area contributed by atoms with Crippen LogP contribution in [0.5, 0.6) is 0 Å². The van der Waals surface area contributed by atoms with Gasteiger partial charge in [-0.25, -0.2) is 4.39 Å². The molecule has 0 bridgehead atoms. The van der Waals surface area contributed by atoms with Gasteiger partial charge in [-0.05, 0) is 31.5 Å². The van der Waals surface area contributed by atoms with Crippen LogP contribution in [0.25, 0.3) is 0 Å². The quantitative estimate of drug-likeness (QED) is 0.497. The Bertz CT molecular complexity index is 1040. The average molecular weight is 442 g/mol. The van der Waals surface area contributed by atoms with Crippen LogP contribution in [0.15, 0.2) is 59.8 Å². The molecule has 0 fully saturated rings. The molecule has 3 aromatic rings. The molecule has 1 aromatic heterocycles. The van der Waals surface area contributed by atoms with E-state index in [2.05, 4.69) is 20.8 Å². The van der Waals surface area contributed by atoms with E-state index in [0.29, 0.717) is 17.5 Å². The van der Waals surface area contributed by atoms with Gasteiger partial charge in [-0.15, -0.1) is 10.2 Å². The van der Waals surface area contributed by atoms with Gasteiger partial charge in [0.15, 0.2) is 11.0 Å². The minimum atomic E-state index is -0.580. The zero-order chi connectivity index (χ0) is 22.2. The van der Waals surface area contributed by atoms with Crippen molar-refractivity contribution < 1.29 is 14.0 Å². The average Bonchev–Trinajstić information content (AvgIpc) is 3.18. The molecule has 31 heavy (non-hydrogen) atoms. The molecule has 0 unspecified atom stereocenters. The van der Waals surface area contributed by atoms with Crippen molar-refractivity contribution in [3.8, 4) is 0 Å². The fourth-order valence-corrected chi connectivity index (χ4v) is 3.84. The summed E-state index contributed by atoms with van der Waals surface area (Å²) in [6.45, 7) is 4.53. The first-order valence-corrected chi connectivity index (χ1v) is 10.9. The fraction of sp³-hybridized carbons (Fsp3) is 0.273. The summed E-state index contributed by atoms with van der Waals surface area (Å²) in [7, 11) is 0. The standard InChI is InChI=1S/C22H24FN5O2S/c1-3-28-19(13-24-21(30)17-11-7-8-12-18(17)23)26-27-22(28)31-14-20(29)25-15(2)16-9-5-4-6-10-16/h4-12,15H,3,13-14H2,1-2H3,(H,24,30)(H,25,29)/t15-/m0/s1. The molecule has 1 atom stereocenters. The van der Waals surface area contributed by atoms with Crippen LogP contribution in [-0.4, -0.2) is 32.3 Å². The predicted octanol–water partition coefficient (Wildman–Crippen LogP) is 3.34. The number of nitrogens with one attached hydrogen (secondary N) is 2. The van der Waals surface area contributed by atoms with Crippen LogP contribution in [0, 0.1) is 5.82 Å². The first kappa shape index (κ1) is 22.5. The summed E-state index contributed by atoms with van der Waals surface area (Å²) < 4.78 is 15.6. The first-order chi connectivity index (χ1) is 15.0. The van der Waals surface area contributed by atoms with Crippen LogP contribution >= 0.6 is 11.8 Å². The third-order valence-corrected chi connectivity index (χ3v) is 5.61. The van der Waals surface area contributed by atoms with Gasteiger partial charge in [-0.1, -0.05) is 54.2 Å². The number of nitrogens with zero attached hydrogens (tertiary/aromatic N) is 3. The molecule has 9 heteroatoms. The molecule has 2 N–H and O–H groups in total. The highest BCUT2D eigenvalue weighted by atomic mass is 32.2. The van der Waals surface area contributed by atoms with Crippen LogP contribution in [-0.2, 0) is 17.9 Å². The van der Waals surface area contributed by atoms with Gasteiger partial charge in [-0.3, -0.25) is 9.59 Å². The van der Waals surface area contributed by atoms with Crippen molar-refractivity contribution in [3.63, 3.8) is 0 Å². The molecule has 3 rings (SSSR count). The molecule has 0 aliphatic heterocycles. The van der Waals surface area contributed by atoms with Crippen molar-refractivity contribution in [2.45, 2.75) is 38.1 Å². The van der Waals surface area contributed by atoms with E-state index in [1.165, 1.54) is 30.0 Å². The van der Waals surface area contributed by atoms with Gasteiger partial charge in [0.25, 0.3) is 5.91 Å². The van der Waals surface area contributed by atoms with Gasteiger partial charge in [0.1, 0.15) is 5.82 Å². The Morgan fingerprint density at radius 2 is 1.81 bits per heavy atom. The van der Waals surface area contributed by atoms with Crippen molar-refractivity contribution in [2.75, 3.05) is 5.75 Å². The summed E-state index contributed by atoms with van der Waals surface area (Å²) in [5.41, 5.74) is 1.01. The number of rotatable bonds is 9. The molecule has 0 aliphatic carbocycles. The third-order valence-electron chi connectivity index (χ3n) is 4.64. The lowest BCUT2D eigenvalue weighted by atomic mass is 10.1. The Labute approximate surface area is 184 Å². The van der Waals surface area contributed by atoms with Crippen LogP contribution in [0.2, 0.25) is 0 Å². The molecule has 0 saturated heterocycles. The fourth-order valence-electron chi connectivity index (χ4n) is 3.01. The van der Waals surface area contributed by atoms with Crippen LogP contribution in [0.3, 0.4) is 0 Å². The summed E-state index contributed by atoms with van der Waals surface area (Å²) in [5, 5.41) is 14.5. The number of carbonyl (C=O) groups is 2. The second-order valence-electron chi connectivity index (χ2n) is 6.79. The van der Waals surface area contributed by atoms with Gasteiger partial charge in [0.05, 0.1) is 23.9 Å². The van der Waals surface area contributed by atoms with E-state index in [1.807, 2.05) is 48.7 Å². The molecule has 0 radical (unpaired) electrons. The van der Waals surface area contributed by atoms with E-state index in [0.717, 1.165) is 5.56 Å². The highest BCUT2D eigenvalue weighted by molar-refractivity contribution is 7.99. The van der Waals surface area contributed by atoms with Crippen molar-refractivity contribution in [1.82, 2.24) is 25.4 Å². The second kappa shape index (κ2) is 10.7. The molecule has 162 valence electrons. The Morgan fingerprint density at radius 3 is 2.52 bits per heavy atom. The molecule has 0 aliphatic rings. The molecule has 7 nitrogen and oxygen atoms in total. The monoisotopic (exact) mass is 441 g/mol. The number of thioether (sulfide) groups is 1. The van der Waals surface area contributed by atoms with Crippen molar-refractivity contribution in [2.24, 2.45) is 0 Å². The molecular formula is C22H24FN5O2S. The smallest absolute Gasteiger partial charge is 0.254 e. The van der Waals surface area contributed by atoms with E-state index in [-0.39, 0.29) is 29.8 Å². The van der Waals surface area contributed by atoms with Crippen molar-refractivity contribution in [1.29, 1.82) is 0 Å². The molecule has 0 saturated carbocycles. The zero-order valence-corrected chi connectivity index (χ0v) is 18.2. The van der Waals surface area contributed by atoms with Crippen LogP contribution in [0.4, 0.5) is 4.39 Å². The largest absolute Gasteiger partial charge is 0.349 e. The lowest BCUT2D eigenvalue weighted by Crippen LogP contribution is -2.28. The molecule has 2 amide bonds. The maximum Gasteiger partial charge on any atom is 0.254 e. The molecule has 2 aromatic carbocycles. The van der Waals surface area contributed by atoms with E-state index < -0.39 is 11.7 Å². The first-order valence-electron chi connectivity index (χ1n) is 9.91. The van der Waals surface area contributed by atoms with E-state index in [4.69, 9.17) is 0 Å². The van der Waals surface area contributed by atoms with E-state index in [1.54, 1.807) is 6.07 Å². The number of amides is 2. The SMILES string of the molecule is CCn1c(CNC(=O)c2ccccc2F)nnc1SCC(=O)N[C@@H](C)c1ccccc1. The number of hydrogen-bond donors (Lipinski definition) is 2. The summed E-state index contributed by atoms with van der Waals surface area (Å²) in [4.78, 5) is 24.5. The minimum absolute atomic E-state index is 0.0242. The number of benzene rings is 2. The lowest BCUT2D eigenvalue weighted by molar-refractivity contribution is -0.119. The highest BCUT2D eigenvalue weighted by Gasteiger charge is 2.16. The summed E-state index contributed by atoms with van der Waals surface area (Å²) in [5.74, 6) is -0.484. The topological polar surface area (TPSA) is 88.9 Å². The van der Waals surface area contributed by atoms with Gasteiger partial charge in [-0.2, -0.15) is 0 Å². The summed E-state index contributed by atoms with van der Waals surface area (Å²) in [6.07, 6.45) is 0. The number of halogens is 1. The second-order valence-corrected chi connectivity index (χ2v) is 7.74. The maximum atomic E-state index is 13.8. The zero-order valence-electron chi connectivity index (χ0n) is 17.3. The van der Waals surface area contributed by atoms with E-state index >= 15 is 0 Å². The number of carbonyl (C=O) groups excluding carboxylic acids is 2. The van der Waals surface area contributed by atoms with Crippen molar-refractivity contribution in [3.05, 3.63) is 77.4 Å². The van der Waals surface area contributed by atoms with Crippen LogP contribution in [0.1, 0.15) is 41.6 Å². The van der Waals surface area contributed by atoms with Gasteiger partial charge in [0.2, 0.25) is 5.91 Å². The minimum Gasteiger partial charge on any atom is -0.349 e. The number of hydrogen-bond acceptors (Lipinski definition) is 5. The number of aromatic nitrogens is 3. The Balaban J connectivity index is 1.55. The summed E-state index contributed by atoms with van der Waals surface area (Å²) in [6, 6.07) is 15.4. The van der Waals surface area contributed by atoms with E-state index in [9.17, 15) is 14.0 Å². The highest BCUT2D eigenvalue weighted by Crippen LogP contribution is 2.18. The Hall–Kier alpha value is -3.20. The van der Waals surface area contributed by atoms with Gasteiger partial charge in [0, 0.05) is 6.54 Å². The summed E-state index contributed by atoms with van der Waals surface area (Å²) >= 11 is 1.28. The Kier molecular flexibility index (Phi) is 7.77. The molecular weight excluding hydrogens is 417 g/mol. The van der Waals surface area contributed by atoms with Gasteiger partial charge < -0.3 is 15.2 Å². The van der Waals surface area contributed by atoms with Crippen LogP contribution < -0.4 is 10.6 Å². The normalized spacial score (nSPS) is 11.7. The molecule has 0 spiro atoms. The van der Waals surface area contributed by atoms with Crippen molar-refractivity contribution >= 4 is 23.6 Å². The predicted molar refractivity (Wildman–Crippen MR) is 117 cm³/mol. The maximum absolute atomic E-state index is 13.8. The Morgan fingerprint density at radius 1 is 1.10 bits per heavy atom. The molecule has 1 heterocycles.